The molecule has 0 aromatic carbocycles. The van der Waals surface area contributed by atoms with E-state index in [1.165, 1.54) is 12.3 Å². The van der Waals surface area contributed by atoms with Gasteiger partial charge in [0.25, 0.3) is 0 Å². The van der Waals surface area contributed by atoms with E-state index in [4.69, 9.17) is 5.73 Å². The summed E-state index contributed by atoms with van der Waals surface area (Å²) in [5.41, 5.74) is 6.24. The molecule has 20 heavy (non-hydrogen) atoms. The lowest BCUT2D eigenvalue weighted by Gasteiger charge is -2.38. The van der Waals surface area contributed by atoms with Crippen LogP contribution in [0, 0.1) is 5.41 Å². The number of nitrogens with one attached hydrogen (secondary N) is 1. The second-order valence-electron chi connectivity index (χ2n) is 5.94. The van der Waals surface area contributed by atoms with Crippen LogP contribution in [0.1, 0.15) is 30.1 Å². The third-order valence-corrected chi connectivity index (χ3v) is 4.02. The van der Waals surface area contributed by atoms with Crippen LogP contribution in [0.5, 0.6) is 0 Å². The average molecular weight is 278 g/mol. The molecule has 110 valence electrons. The maximum absolute atomic E-state index is 11.2. The topological polar surface area (TPSA) is 91.5 Å². The summed E-state index contributed by atoms with van der Waals surface area (Å²) in [6.45, 7) is 5.08. The Hall–Kier alpha value is -1.82. The molecule has 4 N–H and O–H groups in total. The smallest absolute Gasteiger partial charge is 0.339 e. The zero-order valence-electron chi connectivity index (χ0n) is 12.0. The molecule has 6 nitrogen and oxygen atoms in total. The van der Waals surface area contributed by atoms with Crippen molar-refractivity contribution >= 4 is 17.5 Å². The van der Waals surface area contributed by atoms with Crippen molar-refractivity contribution in [3.8, 4) is 0 Å². The molecule has 2 heterocycles. The number of carbonyl (C=O) groups is 1. The van der Waals surface area contributed by atoms with Crippen molar-refractivity contribution in [2.24, 2.45) is 5.41 Å². The second kappa shape index (κ2) is 5.66. The zero-order chi connectivity index (χ0) is 14.8. The number of anilines is 2. The molecule has 1 aliphatic rings. The number of aromatic carboxylic acids is 1. The van der Waals surface area contributed by atoms with Crippen LogP contribution in [0.4, 0.5) is 11.5 Å². The van der Waals surface area contributed by atoms with Gasteiger partial charge in [-0.25, -0.2) is 9.78 Å². The van der Waals surface area contributed by atoms with Crippen LogP contribution in [0.25, 0.3) is 0 Å². The van der Waals surface area contributed by atoms with Gasteiger partial charge in [-0.3, -0.25) is 0 Å². The van der Waals surface area contributed by atoms with E-state index < -0.39 is 5.97 Å². The molecule has 0 radical (unpaired) electrons. The number of aromatic nitrogens is 1. The Morgan fingerprint density at radius 2 is 2.20 bits per heavy atom. The molecule has 6 heteroatoms. The molecule has 1 aromatic rings. The molecule has 2 rings (SSSR count). The van der Waals surface area contributed by atoms with E-state index in [1.54, 1.807) is 0 Å². The van der Waals surface area contributed by atoms with E-state index in [2.05, 4.69) is 29.2 Å². The molecule has 1 saturated heterocycles. The summed E-state index contributed by atoms with van der Waals surface area (Å²) < 4.78 is 0. The first kappa shape index (κ1) is 14.6. The SMILES string of the molecule is CN1CCC(C)(CNc2ncc(N)cc2C(=O)O)CC1. The highest BCUT2D eigenvalue weighted by Gasteiger charge is 2.29. The van der Waals surface area contributed by atoms with E-state index in [0.717, 1.165) is 32.5 Å². The molecule has 1 fully saturated rings. The Morgan fingerprint density at radius 1 is 1.55 bits per heavy atom. The van der Waals surface area contributed by atoms with Crippen LogP contribution in [0.15, 0.2) is 12.3 Å². The van der Waals surface area contributed by atoms with Crippen LogP contribution in [-0.4, -0.2) is 47.6 Å². The normalized spacial score (nSPS) is 18.7. The Morgan fingerprint density at radius 3 is 2.80 bits per heavy atom. The predicted molar refractivity (Wildman–Crippen MR) is 78.9 cm³/mol. The van der Waals surface area contributed by atoms with Crippen LogP contribution in [0.3, 0.4) is 0 Å². The monoisotopic (exact) mass is 278 g/mol. The van der Waals surface area contributed by atoms with Crippen molar-refractivity contribution < 1.29 is 9.90 Å². The lowest BCUT2D eigenvalue weighted by atomic mass is 9.80. The molecular formula is C14H22N4O2. The van der Waals surface area contributed by atoms with Gasteiger partial charge in [0.15, 0.2) is 0 Å². The second-order valence-corrected chi connectivity index (χ2v) is 5.94. The van der Waals surface area contributed by atoms with Crippen LogP contribution < -0.4 is 11.1 Å². The fourth-order valence-corrected chi connectivity index (χ4v) is 2.42. The first-order valence-electron chi connectivity index (χ1n) is 6.81. The third-order valence-electron chi connectivity index (χ3n) is 4.02. The Kier molecular flexibility index (Phi) is 4.13. The standard InChI is InChI=1S/C14H22N4O2/c1-14(3-5-18(2)6-4-14)9-17-12-11(13(19)20)7-10(15)8-16-12/h7-8H,3-6,9,15H2,1-2H3,(H,16,17)(H,19,20). The van der Waals surface area contributed by atoms with E-state index in [0.29, 0.717) is 11.5 Å². The third kappa shape index (κ3) is 3.39. The van der Waals surface area contributed by atoms with Gasteiger partial charge in [0, 0.05) is 6.54 Å². The number of nitrogens with zero attached hydrogens (tertiary/aromatic N) is 2. The summed E-state index contributed by atoms with van der Waals surface area (Å²) in [5, 5.41) is 12.4. The Balaban J connectivity index is 2.05. The number of hydrogen-bond acceptors (Lipinski definition) is 5. The number of carboxylic acids is 1. The van der Waals surface area contributed by atoms with Gasteiger partial charge in [-0.1, -0.05) is 6.92 Å². The quantitative estimate of drug-likeness (QED) is 0.773. The largest absolute Gasteiger partial charge is 0.478 e. The summed E-state index contributed by atoms with van der Waals surface area (Å²) in [5.74, 6) is -0.618. The highest BCUT2D eigenvalue weighted by Crippen LogP contribution is 2.30. The van der Waals surface area contributed by atoms with E-state index in [1.807, 2.05) is 0 Å². The van der Waals surface area contributed by atoms with Gasteiger partial charge in [0.05, 0.1) is 11.9 Å². The lowest BCUT2D eigenvalue weighted by molar-refractivity contribution is 0.0697. The minimum absolute atomic E-state index is 0.126. The molecule has 0 spiro atoms. The summed E-state index contributed by atoms with van der Waals surface area (Å²) in [6.07, 6.45) is 3.66. The van der Waals surface area contributed by atoms with Gasteiger partial charge in [-0.2, -0.15) is 0 Å². The highest BCUT2D eigenvalue weighted by molar-refractivity contribution is 5.94. The minimum atomic E-state index is -1.01. The highest BCUT2D eigenvalue weighted by atomic mass is 16.4. The van der Waals surface area contributed by atoms with Gasteiger partial charge < -0.3 is 21.1 Å². The number of likely N-dealkylation sites (tertiary alicyclic amines) is 1. The number of pyridine rings is 1. The fourth-order valence-electron chi connectivity index (χ4n) is 2.42. The van der Waals surface area contributed by atoms with E-state index >= 15 is 0 Å². The van der Waals surface area contributed by atoms with Crippen molar-refractivity contribution in [1.82, 2.24) is 9.88 Å². The lowest BCUT2D eigenvalue weighted by Crippen LogP contribution is -2.40. The Labute approximate surface area is 119 Å². The summed E-state index contributed by atoms with van der Waals surface area (Å²) in [4.78, 5) is 17.6. The maximum Gasteiger partial charge on any atom is 0.339 e. The molecule has 0 atom stereocenters. The molecule has 0 aliphatic carbocycles. The molecule has 1 aromatic heterocycles. The molecule has 1 aliphatic heterocycles. The molecule has 0 amide bonds. The van der Waals surface area contributed by atoms with Crippen molar-refractivity contribution in [2.45, 2.75) is 19.8 Å². The van der Waals surface area contributed by atoms with Gasteiger partial charge in [-0.05, 0) is 44.5 Å². The van der Waals surface area contributed by atoms with Crippen LogP contribution in [0.2, 0.25) is 0 Å². The van der Waals surface area contributed by atoms with Crippen molar-refractivity contribution in [1.29, 1.82) is 0 Å². The van der Waals surface area contributed by atoms with Crippen molar-refractivity contribution in [3.05, 3.63) is 17.8 Å². The van der Waals surface area contributed by atoms with Crippen LogP contribution in [-0.2, 0) is 0 Å². The van der Waals surface area contributed by atoms with E-state index in [9.17, 15) is 9.90 Å². The predicted octanol–water partition coefficient (Wildman–Crippen LogP) is 1.51. The number of nitrogen functional groups attached to an aromatic ring is 1. The van der Waals surface area contributed by atoms with Crippen LogP contribution >= 0.6 is 0 Å². The summed E-state index contributed by atoms with van der Waals surface area (Å²) in [7, 11) is 2.12. The van der Waals surface area contributed by atoms with Gasteiger partial charge >= 0.3 is 5.97 Å². The summed E-state index contributed by atoms with van der Waals surface area (Å²) >= 11 is 0. The Bertz CT molecular complexity index is 496. The van der Waals surface area contributed by atoms with Crippen molar-refractivity contribution in [3.63, 3.8) is 0 Å². The molecule has 0 saturated carbocycles. The first-order valence-corrected chi connectivity index (χ1v) is 6.81. The van der Waals surface area contributed by atoms with Gasteiger partial charge in [-0.15, -0.1) is 0 Å². The molecule has 0 bridgehead atoms. The maximum atomic E-state index is 11.2. The number of rotatable bonds is 4. The minimum Gasteiger partial charge on any atom is -0.478 e. The molecule has 0 unspecified atom stereocenters. The zero-order valence-corrected chi connectivity index (χ0v) is 12.0. The van der Waals surface area contributed by atoms with E-state index in [-0.39, 0.29) is 11.0 Å². The summed E-state index contributed by atoms with van der Waals surface area (Å²) in [6, 6.07) is 1.44. The number of nitrogens with two attached hydrogens (primary N) is 1. The van der Waals surface area contributed by atoms with Gasteiger partial charge in [0.1, 0.15) is 11.4 Å². The van der Waals surface area contributed by atoms with Crippen molar-refractivity contribution in [2.75, 3.05) is 37.7 Å². The average Bonchev–Trinajstić information content (AvgIpc) is 2.41. The number of carboxylic acid groups (broad SMARTS) is 1. The molecular weight excluding hydrogens is 256 g/mol. The first-order chi connectivity index (χ1) is 9.39. The fraction of sp³-hybridized carbons (Fsp3) is 0.571. The number of piperidine rings is 1. The van der Waals surface area contributed by atoms with Gasteiger partial charge in [0.2, 0.25) is 0 Å². The number of hydrogen-bond donors (Lipinski definition) is 3.